The van der Waals surface area contributed by atoms with Crippen LogP contribution in [0.2, 0.25) is 0 Å². The van der Waals surface area contributed by atoms with Crippen LogP contribution in [-0.4, -0.2) is 53.8 Å². The number of ether oxygens (including phenoxy) is 1. The van der Waals surface area contributed by atoms with Crippen LogP contribution in [0, 0.1) is 22.0 Å². The third-order valence-electron chi connectivity index (χ3n) is 4.29. The second-order valence-electron chi connectivity index (χ2n) is 6.90. The Hall–Kier alpha value is -2.97. The number of carbonyl (C=O) groups is 3. The Balaban J connectivity index is 1.77. The largest absolute Gasteiger partial charge is 0.454 e. The second-order valence-corrected chi connectivity index (χ2v) is 6.90. The third-order valence-corrected chi connectivity index (χ3v) is 4.29. The number of non-ortho nitro benzene ring substituents is 1. The van der Waals surface area contributed by atoms with Crippen molar-refractivity contribution in [3.05, 3.63) is 39.9 Å². The van der Waals surface area contributed by atoms with E-state index in [0.29, 0.717) is 24.9 Å². The first-order valence-corrected chi connectivity index (χ1v) is 8.72. The van der Waals surface area contributed by atoms with Crippen LogP contribution in [-0.2, 0) is 14.3 Å². The quantitative estimate of drug-likeness (QED) is 0.454. The molecule has 1 aromatic rings. The molecule has 0 aromatic heterocycles. The first-order valence-electron chi connectivity index (χ1n) is 8.72. The van der Waals surface area contributed by atoms with Gasteiger partial charge in [-0.2, -0.15) is 0 Å². The second kappa shape index (κ2) is 9.11. The lowest BCUT2D eigenvalue weighted by atomic mass is 9.92. The number of piperidine rings is 1. The van der Waals surface area contributed by atoms with E-state index in [1.165, 1.54) is 18.2 Å². The summed E-state index contributed by atoms with van der Waals surface area (Å²) in [5.74, 6) is -0.835. The molecule has 2 rings (SSSR count). The van der Waals surface area contributed by atoms with Crippen molar-refractivity contribution in [2.75, 3.05) is 26.2 Å². The highest BCUT2D eigenvalue weighted by atomic mass is 16.6. The number of carbonyl (C=O) groups excluding carboxylic acids is 3. The summed E-state index contributed by atoms with van der Waals surface area (Å²) in [5, 5.41) is 13.0. The van der Waals surface area contributed by atoms with Crippen molar-refractivity contribution >= 4 is 23.5 Å². The van der Waals surface area contributed by atoms with Crippen molar-refractivity contribution in [1.29, 1.82) is 0 Å². The molecule has 2 amide bonds. The molecule has 27 heavy (non-hydrogen) atoms. The van der Waals surface area contributed by atoms with Crippen LogP contribution in [0.4, 0.5) is 5.69 Å². The predicted molar refractivity (Wildman–Crippen MR) is 95.9 cm³/mol. The average Bonchev–Trinajstić information content (AvgIpc) is 2.63. The summed E-state index contributed by atoms with van der Waals surface area (Å²) in [6.07, 6.45) is 1.06. The topological polar surface area (TPSA) is 119 Å². The van der Waals surface area contributed by atoms with Gasteiger partial charge < -0.3 is 15.0 Å². The van der Waals surface area contributed by atoms with Crippen LogP contribution in [0.1, 0.15) is 30.6 Å². The van der Waals surface area contributed by atoms with E-state index >= 15 is 0 Å². The number of benzene rings is 1. The standard InChI is InChI=1S/C18H23N3O6/c1-12-6-13(2)10-20(9-12)16(22)11-27-17(23)8-19-18(24)14-4-3-5-15(7-14)21(25)26/h3-5,7,12-13H,6,8-11H2,1-2H3,(H,19,24)/t12-,13-/m0/s1. The Bertz CT molecular complexity index is 726. The van der Waals surface area contributed by atoms with E-state index in [9.17, 15) is 24.5 Å². The van der Waals surface area contributed by atoms with E-state index in [-0.39, 0.29) is 23.8 Å². The van der Waals surface area contributed by atoms with Gasteiger partial charge in [0.2, 0.25) is 0 Å². The summed E-state index contributed by atoms with van der Waals surface area (Å²) < 4.78 is 4.92. The van der Waals surface area contributed by atoms with Crippen molar-refractivity contribution < 1.29 is 24.0 Å². The van der Waals surface area contributed by atoms with Gasteiger partial charge in [-0.05, 0) is 24.3 Å². The van der Waals surface area contributed by atoms with E-state index in [1.807, 2.05) is 0 Å². The highest BCUT2D eigenvalue weighted by molar-refractivity contribution is 5.96. The number of nitrogens with zero attached hydrogens (tertiary/aromatic N) is 2. The number of nitro groups is 1. The Morgan fingerprint density at radius 3 is 2.56 bits per heavy atom. The fourth-order valence-electron chi connectivity index (χ4n) is 3.17. The smallest absolute Gasteiger partial charge is 0.325 e. The van der Waals surface area contributed by atoms with Crippen molar-refractivity contribution in [3.8, 4) is 0 Å². The van der Waals surface area contributed by atoms with Crippen molar-refractivity contribution in [1.82, 2.24) is 10.2 Å². The SMILES string of the molecule is C[C@H]1C[C@H](C)CN(C(=O)COC(=O)CNC(=O)c2cccc([N+](=O)[O-])c2)C1. The highest BCUT2D eigenvalue weighted by Crippen LogP contribution is 2.20. The number of likely N-dealkylation sites (tertiary alicyclic amines) is 1. The summed E-state index contributed by atoms with van der Waals surface area (Å²) in [7, 11) is 0. The maximum Gasteiger partial charge on any atom is 0.325 e. The number of hydrogen-bond acceptors (Lipinski definition) is 6. The number of nitrogens with one attached hydrogen (secondary N) is 1. The Labute approximate surface area is 156 Å². The Morgan fingerprint density at radius 2 is 1.93 bits per heavy atom. The zero-order valence-electron chi connectivity index (χ0n) is 15.3. The van der Waals surface area contributed by atoms with Gasteiger partial charge in [-0.3, -0.25) is 24.5 Å². The Morgan fingerprint density at radius 1 is 1.26 bits per heavy atom. The minimum atomic E-state index is -0.750. The molecule has 146 valence electrons. The number of amides is 2. The molecule has 9 heteroatoms. The first kappa shape index (κ1) is 20.3. The maximum atomic E-state index is 12.2. The number of hydrogen-bond donors (Lipinski definition) is 1. The van der Waals surface area contributed by atoms with Gasteiger partial charge in [0, 0.05) is 30.8 Å². The molecular formula is C18H23N3O6. The predicted octanol–water partition coefficient (Wildman–Crippen LogP) is 1.37. The molecule has 9 nitrogen and oxygen atoms in total. The summed E-state index contributed by atoms with van der Waals surface area (Å²) in [6, 6.07) is 5.16. The molecule has 1 fully saturated rings. The molecule has 0 aliphatic carbocycles. The van der Waals surface area contributed by atoms with E-state index < -0.39 is 23.3 Å². The average molecular weight is 377 g/mol. The summed E-state index contributed by atoms with van der Waals surface area (Å²) in [5.41, 5.74) is -0.162. The minimum absolute atomic E-state index is 0.0596. The summed E-state index contributed by atoms with van der Waals surface area (Å²) >= 11 is 0. The molecule has 2 atom stereocenters. The van der Waals surface area contributed by atoms with Crippen LogP contribution < -0.4 is 5.32 Å². The molecule has 0 saturated carbocycles. The fraction of sp³-hybridized carbons (Fsp3) is 0.500. The molecule has 1 N–H and O–H groups in total. The molecule has 1 saturated heterocycles. The van der Waals surface area contributed by atoms with E-state index in [0.717, 1.165) is 12.5 Å². The number of esters is 1. The Kier molecular flexibility index (Phi) is 6.86. The van der Waals surface area contributed by atoms with Crippen LogP contribution in [0.5, 0.6) is 0 Å². The van der Waals surface area contributed by atoms with E-state index in [4.69, 9.17) is 4.74 Å². The zero-order chi connectivity index (χ0) is 20.0. The summed E-state index contributed by atoms with van der Waals surface area (Å²) in [4.78, 5) is 47.7. The lowest BCUT2D eigenvalue weighted by Crippen LogP contribution is -2.44. The lowest BCUT2D eigenvalue weighted by molar-refractivity contribution is -0.384. The van der Waals surface area contributed by atoms with Gasteiger partial charge in [0.15, 0.2) is 6.61 Å². The zero-order valence-corrected chi connectivity index (χ0v) is 15.3. The lowest BCUT2D eigenvalue weighted by Gasteiger charge is -2.34. The van der Waals surface area contributed by atoms with Gasteiger partial charge in [-0.1, -0.05) is 19.9 Å². The normalized spacial score (nSPS) is 19.3. The minimum Gasteiger partial charge on any atom is -0.454 e. The van der Waals surface area contributed by atoms with Crippen LogP contribution >= 0.6 is 0 Å². The molecule has 0 bridgehead atoms. The monoisotopic (exact) mass is 377 g/mol. The molecule has 0 unspecified atom stereocenters. The third kappa shape index (κ3) is 6.05. The van der Waals surface area contributed by atoms with Crippen molar-refractivity contribution in [2.45, 2.75) is 20.3 Å². The molecule has 1 aliphatic rings. The molecule has 0 radical (unpaired) electrons. The van der Waals surface area contributed by atoms with Crippen molar-refractivity contribution in [2.24, 2.45) is 11.8 Å². The van der Waals surface area contributed by atoms with Crippen LogP contribution in [0.3, 0.4) is 0 Å². The van der Waals surface area contributed by atoms with Gasteiger partial charge in [0.1, 0.15) is 6.54 Å². The summed E-state index contributed by atoms with van der Waals surface area (Å²) in [6.45, 7) is 4.64. The molecule has 1 aliphatic heterocycles. The number of nitro benzene ring substituents is 1. The molecule has 1 aromatic carbocycles. The highest BCUT2D eigenvalue weighted by Gasteiger charge is 2.26. The van der Waals surface area contributed by atoms with Gasteiger partial charge >= 0.3 is 5.97 Å². The molecular weight excluding hydrogens is 354 g/mol. The van der Waals surface area contributed by atoms with E-state index in [2.05, 4.69) is 19.2 Å². The number of rotatable bonds is 6. The van der Waals surface area contributed by atoms with Gasteiger partial charge in [-0.25, -0.2) is 0 Å². The van der Waals surface area contributed by atoms with Crippen molar-refractivity contribution in [3.63, 3.8) is 0 Å². The molecule has 1 heterocycles. The fourth-order valence-corrected chi connectivity index (χ4v) is 3.17. The maximum absolute atomic E-state index is 12.2. The van der Waals surface area contributed by atoms with Gasteiger partial charge in [0.25, 0.3) is 17.5 Å². The first-order chi connectivity index (χ1) is 12.8. The van der Waals surface area contributed by atoms with Crippen LogP contribution in [0.15, 0.2) is 24.3 Å². The van der Waals surface area contributed by atoms with E-state index in [1.54, 1.807) is 4.90 Å². The molecule has 0 spiro atoms. The van der Waals surface area contributed by atoms with Gasteiger partial charge in [-0.15, -0.1) is 0 Å². The van der Waals surface area contributed by atoms with Gasteiger partial charge in [0.05, 0.1) is 4.92 Å². The van der Waals surface area contributed by atoms with Crippen LogP contribution in [0.25, 0.3) is 0 Å².